The molecule has 0 amide bonds. The van der Waals surface area contributed by atoms with Gasteiger partial charge in [0.1, 0.15) is 0 Å². The second kappa shape index (κ2) is 7.92. The van der Waals surface area contributed by atoms with E-state index in [1.54, 1.807) is 0 Å². The van der Waals surface area contributed by atoms with Crippen LogP contribution in [-0.2, 0) is 5.41 Å². The molecule has 0 spiro atoms. The van der Waals surface area contributed by atoms with E-state index in [0.29, 0.717) is 5.69 Å². The largest absolute Gasteiger partial charge is 0.238 e. The fraction of sp³-hybridized carbons (Fsp3) is 0.0833. The van der Waals surface area contributed by atoms with Gasteiger partial charge in [-0.3, -0.25) is 0 Å². The van der Waals surface area contributed by atoms with Crippen LogP contribution in [0.25, 0.3) is 59.8 Å². The minimum atomic E-state index is -0.170. The van der Waals surface area contributed by atoms with Gasteiger partial charge in [-0.05, 0) is 72.1 Å². The summed E-state index contributed by atoms with van der Waals surface area (Å²) in [5.74, 6) is 0. The Morgan fingerprint density at radius 3 is 1.57 bits per heavy atom. The van der Waals surface area contributed by atoms with Crippen molar-refractivity contribution in [3.63, 3.8) is 0 Å². The highest BCUT2D eigenvalue weighted by Gasteiger charge is 2.35. The molecule has 0 atom stereocenters. The predicted octanol–water partition coefficient (Wildman–Crippen LogP) is 10.2. The number of nitrogens with zero attached hydrogens (tertiary/aromatic N) is 1. The van der Waals surface area contributed by atoms with Crippen LogP contribution in [0.2, 0.25) is 0 Å². The Bertz CT molecular complexity index is 1850. The summed E-state index contributed by atoms with van der Waals surface area (Å²) in [5.41, 5.74) is 10.6. The molecule has 0 heterocycles. The van der Waals surface area contributed by atoms with Gasteiger partial charge in [0.05, 0.1) is 6.57 Å². The van der Waals surface area contributed by atoms with Crippen molar-refractivity contribution in [2.75, 3.05) is 0 Å². The summed E-state index contributed by atoms with van der Waals surface area (Å²) >= 11 is 0. The van der Waals surface area contributed by atoms with Gasteiger partial charge in [-0.25, -0.2) is 4.85 Å². The Morgan fingerprint density at radius 2 is 1.00 bits per heavy atom. The zero-order valence-electron chi connectivity index (χ0n) is 20.9. The van der Waals surface area contributed by atoms with E-state index >= 15 is 0 Å². The smallest absolute Gasteiger partial charge is 0.187 e. The highest BCUT2D eigenvalue weighted by atomic mass is 14.6. The van der Waals surface area contributed by atoms with Crippen LogP contribution in [0, 0.1) is 6.57 Å². The molecule has 1 heteroatoms. The zero-order valence-corrected chi connectivity index (χ0v) is 20.9. The molecule has 0 aliphatic heterocycles. The molecule has 0 aromatic heterocycles. The van der Waals surface area contributed by atoms with E-state index in [1.807, 2.05) is 6.07 Å². The Balaban J connectivity index is 1.54. The second-order valence-corrected chi connectivity index (χ2v) is 10.4. The zero-order chi connectivity index (χ0) is 25.1. The molecule has 1 aliphatic rings. The number of benzene rings is 6. The highest BCUT2D eigenvalue weighted by molar-refractivity contribution is 6.21. The monoisotopic (exact) mass is 471 g/mol. The molecular formula is C36H25N. The Kier molecular flexibility index (Phi) is 4.62. The predicted molar refractivity (Wildman–Crippen MR) is 156 cm³/mol. The molecule has 1 aliphatic carbocycles. The molecule has 174 valence electrons. The third kappa shape index (κ3) is 3.09. The maximum absolute atomic E-state index is 7.50. The maximum atomic E-state index is 7.50. The lowest BCUT2D eigenvalue weighted by Gasteiger charge is -2.23. The fourth-order valence-corrected chi connectivity index (χ4v) is 6.31. The second-order valence-electron chi connectivity index (χ2n) is 10.4. The van der Waals surface area contributed by atoms with Crippen LogP contribution >= 0.6 is 0 Å². The van der Waals surface area contributed by atoms with Gasteiger partial charge in [-0.15, -0.1) is 0 Å². The molecule has 1 nitrogen and oxygen atoms in total. The van der Waals surface area contributed by atoms with Gasteiger partial charge in [0, 0.05) is 5.41 Å². The lowest BCUT2D eigenvalue weighted by molar-refractivity contribution is 0.661. The highest BCUT2D eigenvalue weighted by Crippen LogP contribution is 2.52. The van der Waals surface area contributed by atoms with Gasteiger partial charge in [0.2, 0.25) is 0 Å². The Hall–Kier alpha value is -4.67. The molecule has 0 N–H and O–H groups in total. The van der Waals surface area contributed by atoms with E-state index in [9.17, 15) is 0 Å². The minimum Gasteiger partial charge on any atom is -0.238 e. The summed E-state index contributed by atoms with van der Waals surface area (Å²) in [5, 5.41) is 5.08. The molecule has 0 radical (unpaired) electrons. The van der Waals surface area contributed by atoms with Crippen LogP contribution in [0.4, 0.5) is 5.69 Å². The molecule has 0 saturated heterocycles. The van der Waals surface area contributed by atoms with E-state index in [4.69, 9.17) is 6.57 Å². The molecule has 37 heavy (non-hydrogen) atoms. The van der Waals surface area contributed by atoms with Gasteiger partial charge in [0.15, 0.2) is 5.69 Å². The lowest BCUT2D eigenvalue weighted by atomic mass is 9.80. The first kappa shape index (κ1) is 21.6. The van der Waals surface area contributed by atoms with E-state index in [1.165, 1.54) is 66.1 Å². The minimum absolute atomic E-state index is 0.170. The van der Waals surface area contributed by atoms with Gasteiger partial charge in [-0.1, -0.05) is 123 Å². The van der Waals surface area contributed by atoms with E-state index in [-0.39, 0.29) is 5.41 Å². The lowest BCUT2D eigenvalue weighted by Crippen LogP contribution is -2.15. The molecule has 7 rings (SSSR count). The van der Waals surface area contributed by atoms with Gasteiger partial charge in [-0.2, -0.15) is 0 Å². The van der Waals surface area contributed by atoms with Crippen LogP contribution in [0.5, 0.6) is 0 Å². The van der Waals surface area contributed by atoms with Gasteiger partial charge < -0.3 is 0 Å². The summed E-state index contributed by atoms with van der Waals surface area (Å²) in [6.07, 6.45) is 0. The summed E-state index contributed by atoms with van der Waals surface area (Å²) in [6.45, 7) is 12.1. The van der Waals surface area contributed by atoms with Crippen LogP contribution < -0.4 is 0 Å². The Labute approximate surface area is 217 Å². The van der Waals surface area contributed by atoms with Gasteiger partial charge in [0.25, 0.3) is 0 Å². The van der Waals surface area contributed by atoms with Gasteiger partial charge >= 0.3 is 0 Å². The standard InChI is InChI=1S/C36H25N/c1-36(2)32-21-24(17-19-26(32)27-20-18-25(37-3)22-33(27)36)35-30-15-9-7-13-28(30)34(23-11-5-4-6-12-23)29-14-8-10-16-31(29)35/h4-22H,1-2H3. The number of fused-ring (bicyclic) bond motifs is 5. The van der Waals surface area contributed by atoms with Crippen molar-refractivity contribution in [2.45, 2.75) is 19.3 Å². The first-order valence-electron chi connectivity index (χ1n) is 12.7. The summed E-state index contributed by atoms with van der Waals surface area (Å²) in [7, 11) is 0. The van der Waals surface area contributed by atoms with E-state index in [0.717, 1.165) is 0 Å². The van der Waals surface area contributed by atoms with Crippen LogP contribution in [-0.4, -0.2) is 0 Å². The van der Waals surface area contributed by atoms with Crippen molar-refractivity contribution in [1.82, 2.24) is 0 Å². The molecular weight excluding hydrogens is 446 g/mol. The average molecular weight is 472 g/mol. The first-order chi connectivity index (χ1) is 18.1. The van der Waals surface area contributed by atoms with Crippen LogP contribution in [0.3, 0.4) is 0 Å². The molecule has 6 aromatic rings. The molecule has 0 fully saturated rings. The maximum Gasteiger partial charge on any atom is 0.187 e. The molecule has 0 unspecified atom stereocenters. The van der Waals surface area contributed by atoms with E-state index in [2.05, 4.69) is 128 Å². The molecule has 0 bridgehead atoms. The third-order valence-electron chi connectivity index (χ3n) is 8.07. The molecule has 0 saturated carbocycles. The topological polar surface area (TPSA) is 4.36 Å². The van der Waals surface area contributed by atoms with Crippen molar-refractivity contribution in [1.29, 1.82) is 0 Å². The number of rotatable bonds is 2. The normalized spacial score (nSPS) is 13.3. The average Bonchev–Trinajstić information content (AvgIpc) is 3.17. The van der Waals surface area contributed by atoms with Crippen molar-refractivity contribution in [3.8, 4) is 33.4 Å². The molecule has 6 aromatic carbocycles. The SMILES string of the molecule is [C-]#[N+]c1ccc2c(c1)C(C)(C)c1cc(-c3c4ccccc4c(-c4ccccc4)c4ccccc34)ccc1-2. The number of hydrogen-bond donors (Lipinski definition) is 0. The summed E-state index contributed by atoms with van der Waals surface area (Å²) < 4.78 is 0. The van der Waals surface area contributed by atoms with E-state index < -0.39 is 0 Å². The van der Waals surface area contributed by atoms with Crippen molar-refractivity contribution in [2.24, 2.45) is 0 Å². The number of hydrogen-bond acceptors (Lipinski definition) is 0. The van der Waals surface area contributed by atoms with Crippen molar-refractivity contribution in [3.05, 3.63) is 138 Å². The van der Waals surface area contributed by atoms with Crippen molar-refractivity contribution < 1.29 is 0 Å². The fourth-order valence-electron chi connectivity index (χ4n) is 6.31. The van der Waals surface area contributed by atoms with Crippen LogP contribution in [0.1, 0.15) is 25.0 Å². The summed E-state index contributed by atoms with van der Waals surface area (Å²) in [6, 6.07) is 41.4. The third-order valence-corrected chi connectivity index (χ3v) is 8.07. The quantitative estimate of drug-likeness (QED) is 0.175. The van der Waals surface area contributed by atoms with Crippen molar-refractivity contribution >= 4 is 27.2 Å². The Morgan fingerprint density at radius 1 is 0.514 bits per heavy atom. The van der Waals surface area contributed by atoms with Crippen LogP contribution in [0.15, 0.2) is 115 Å². The summed E-state index contributed by atoms with van der Waals surface area (Å²) in [4.78, 5) is 3.69. The first-order valence-corrected chi connectivity index (χ1v) is 12.7.